The zero-order valence-electron chi connectivity index (χ0n) is 34.4. The molecular weight excluding hydrogens is 656 g/mol. The number of carbonyl (C=O) groups excluding carboxylic acids is 2. The second-order valence-corrected chi connectivity index (χ2v) is 19.1. The van der Waals surface area contributed by atoms with Crippen LogP contribution in [0.3, 0.4) is 0 Å². The third kappa shape index (κ3) is 6.80. The van der Waals surface area contributed by atoms with Crippen LogP contribution >= 0.6 is 0 Å². The Morgan fingerprint density at radius 3 is 2.31 bits per heavy atom. The number of hydrogen-bond donors (Lipinski definition) is 2. The van der Waals surface area contributed by atoms with Crippen LogP contribution in [0.15, 0.2) is 11.6 Å². The molecule has 0 radical (unpaired) electrons. The number of carboxylic acid groups (broad SMARTS) is 1. The lowest BCUT2D eigenvalue weighted by Gasteiger charge is -2.71. The van der Waals surface area contributed by atoms with Crippen LogP contribution in [-0.4, -0.2) is 85.6 Å². The van der Waals surface area contributed by atoms with E-state index in [0.29, 0.717) is 32.0 Å². The lowest BCUT2D eigenvalue weighted by molar-refractivity contribution is -0.262. The topological polar surface area (TPSA) is 114 Å². The van der Waals surface area contributed by atoms with Crippen LogP contribution in [0.25, 0.3) is 0 Å². The molecule has 0 spiro atoms. The number of allylic oxidation sites excluding steroid dienone is 1. The second-order valence-electron chi connectivity index (χ2n) is 19.1. The van der Waals surface area contributed by atoms with E-state index < -0.39 is 34.9 Å². The van der Waals surface area contributed by atoms with Crippen molar-refractivity contribution in [2.45, 2.75) is 146 Å². The Hall–Kier alpha value is -1.97. The van der Waals surface area contributed by atoms with Gasteiger partial charge in [0.1, 0.15) is 12.2 Å². The van der Waals surface area contributed by atoms with Crippen LogP contribution in [0, 0.1) is 56.7 Å². The molecule has 1 heterocycles. The predicted octanol–water partition coefficient (Wildman–Crippen LogP) is 7.52. The van der Waals surface area contributed by atoms with E-state index in [9.17, 15) is 19.5 Å². The van der Waals surface area contributed by atoms with Crippen LogP contribution in [0.4, 0.5) is 0 Å². The van der Waals surface area contributed by atoms with Crippen LogP contribution < -0.4 is 5.32 Å². The minimum Gasteiger partial charge on any atom is -0.481 e. The lowest BCUT2D eigenvalue weighted by atomic mass is 9.34. The highest BCUT2D eigenvalue weighted by molar-refractivity contribution is 5.73. The van der Waals surface area contributed by atoms with E-state index >= 15 is 0 Å². The maximum Gasteiger partial charge on any atom is 0.320 e. The van der Waals surface area contributed by atoms with E-state index in [1.165, 1.54) is 12.5 Å². The number of carboxylic acids is 1. The smallest absolute Gasteiger partial charge is 0.320 e. The quantitative estimate of drug-likeness (QED) is 0.139. The van der Waals surface area contributed by atoms with Crippen molar-refractivity contribution < 1.29 is 33.7 Å². The van der Waals surface area contributed by atoms with Gasteiger partial charge < -0.3 is 29.5 Å². The molecule has 2 bridgehead atoms. The van der Waals surface area contributed by atoms with Gasteiger partial charge in [-0.1, -0.05) is 74.0 Å². The van der Waals surface area contributed by atoms with Crippen molar-refractivity contribution in [3.63, 3.8) is 0 Å². The summed E-state index contributed by atoms with van der Waals surface area (Å²) in [5.74, 6) is -0.758. The van der Waals surface area contributed by atoms with Crippen molar-refractivity contribution in [1.82, 2.24) is 10.2 Å². The number of esters is 2. The fourth-order valence-electron chi connectivity index (χ4n) is 12.8. The van der Waals surface area contributed by atoms with Crippen LogP contribution in [0.2, 0.25) is 0 Å². The van der Waals surface area contributed by atoms with E-state index in [1.807, 2.05) is 0 Å². The zero-order chi connectivity index (χ0) is 38.4. The van der Waals surface area contributed by atoms with Gasteiger partial charge in [0.2, 0.25) is 0 Å². The first-order valence-corrected chi connectivity index (χ1v) is 20.7. The summed E-state index contributed by atoms with van der Waals surface area (Å²) in [5.41, 5.74) is -0.466. The fourth-order valence-corrected chi connectivity index (χ4v) is 12.8. The third-order valence-corrected chi connectivity index (χ3v) is 16.2. The molecule has 52 heavy (non-hydrogen) atoms. The molecule has 0 aromatic rings. The Morgan fingerprint density at radius 1 is 1.00 bits per heavy atom. The van der Waals surface area contributed by atoms with E-state index in [0.717, 1.165) is 58.2 Å². The molecule has 5 aliphatic rings. The third-order valence-electron chi connectivity index (χ3n) is 16.2. The Kier molecular flexibility index (Phi) is 12.1. The number of fused-ring (bicyclic) bond motifs is 3. The average Bonchev–Trinajstić information content (AvgIpc) is 3.07. The highest BCUT2D eigenvalue weighted by Gasteiger charge is 2.72. The molecule has 1 unspecified atom stereocenters. The molecule has 3 saturated carbocycles. The molecule has 0 amide bonds. The van der Waals surface area contributed by atoms with Gasteiger partial charge in [0, 0.05) is 23.8 Å². The van der Waals surface area contributed by atoms with Gasteiger partial charge in [0.15, 0.2) is 0 Å². The average molecular weight is 729 g/mol. The van der Waals surface area contributed by atoms with Gasteiger partial charge in [-0.15, -0.1) is 0 Å². The highest BCUT2D eigenvalue weighted by Crippen LogP contribution is 2.75. The minimum atomic E-state index is -0.665. The maximum absolute atomic E-state index is 13.5. The van der Waals surface area contributed by atoms with Crippen LogP contribution in [-0.2, 0) is 28.6 Å². The zero-order valence-corrected chi connectivity index (χ0v) is 34.4. The summed E-state index contributed by atoms with van der Waals surface area (Å²) in [4.78, 5) is 42.0. The molecule has 9 nitrogen and oxygen atoms in total. The molecule has 1 saturated heterocycles. The van der Waals surface area contributed by atoms with Crippen LogP contribution in [0.5, 0.6) is 0 Å². The van der Waals surface area contributed by atoms with Gasteiger partial charge in [-0.05, 0) is 118 Å². The highest BCUT2D eigenvalue weighted by atomic mass is 16.6. The molecule has 296 valence electrons. The van der Waals surface area contributed by atoms with Crippen molar-refractivity contribution in [2.24, 2.45) is 56.7 Å². The Morgan fingerprint density at radius 2 is 1.69 bits per heavy atom. The number of rotatable bonds is 14. The molecule has 4 aliphatic carbocycles. The molecule has 1 aliphatic heterocycles. The van der Waals surface area contributed by atoms with Crippen molar-refractivity contribution >= 4 is 17.9 Å². The van der Waals surface area contributed by atoms with Gasteiger partial charge in [-0.25, -0.2) is 0 Å². The van der Waals surface area contributed by atoms with Crippen LogP contribution in [0.1, 0.15) is 128 Å². The largest absolute Gasteiger partial charge is 0.481 e. The minimum absolute atomic E-state index is 0.103. The van der Waals surface area contributed by atoms with E-state index in [4.69, 9.17) is 14.2 Å². The fraction of sp³-hybridized carbons (Fsp3) is 0.884. The number of aliphatic carboxylic acids is 1. The predicted molar refractivity (Wildman–Crippen MR) is 203 cm³/mol. The molecule has 4 fully saturated rings. The normalized spacial score (nSPS) is 40.9. The van der Waals surface area contributed by atoms with Crippen molar-refractivity contribution in [3.8, 4) is 0 Å². The van der Waals surface area contributed by atoms with Gasteiger partial charge >= 0.3 is 17.9 Å². The molecule has 0 aromatic heterocycles. The maximum atomic E-state index is 13.5. The Bertz CT molecular complexity index is 1360. The van der Waals surface area contributed by atoms with E-state index in [1.54, 1.807) is 0 Å². The summed E-state index contributed by atoms with van der Waals surface area (Å²) < 4.78 is 19.1. The van der Waals surface area contributed by atoms with Crippen molar-refractivity contribution in [1.29, 1.82) is 0 Å². The second kappa shape index (κ2) is 15.3. The lowest BCUT2D eigenvalue weighted by Crippen LogP contribution is -2.70. The van der Waals surface area contributed by atoms with Gasteiger partial charge in [-0.2, -0.15) is 0 Å². The monoisotopic (exact) mass is 729 g/mol. The number of nitrogens with zero attached hydrogens (tertiary/aromatic N) is 1. The summed E-state index contributed by atoms with van der Waals surface area (Å²) in [5, 5.41) is 14.4. The molecular formula is C43H72N2O7. The summed E-state index contributed by atoms with van der Waals surface area (Å²) in [7, 11) is 0. The number of ether oxygens (including phenoxy) is 3. The summed E-state index contributed by atoms with van der Waals surface area (Å²) in [6, 6.07) is 0.174. The number of carbonyl (C=O) groups is 3. The van der Waals surface area contributed by atoms with Gasteiger partial charge in [0.05, 0.1) is 25.7 Å². The van der Waals surface area contributed by atoms with Crippen molar-refractivity contribution in [2.75, 3.05) is 39.4 Å². The molecule has 12 atom stereocenters. The SMILES string of the molecule is CCN(CC)CCCC(C)NCC(=O)O[C@H]1[C@H](OC(C)=O)C[C@@]23COC[C@@]1(C)[C@@H]2CC[C@H]1C3=CC[C@@]2(C)[C@H](C(=O)O)[C@@](C)([C@H](C)C(C)C)CC[C@]12C. The molecule has 9 heteroatoms. The first-order chi connectivity index (χ1) is 24.3. The Labute approximate surface area is 314 Å². The number of hydrogen-bond acceptors (Lipinski definition) is 8. The van der Waals surface area contributed by atoms with E-state index in [-0.39, 0.29) is 58.5 Å². The molecule has 0 aromatic carbocycles. The first-order valence-electron chi connectivity index (χ1n) is 20.7. The van der Waals surface area contributed by atoms with Gasteiger partial charge in [0.25, 0.3) is 0 Å². The first kappa shape index (κ1) is 41.2. The Balaban J connectivity index is 1.41. The number of nitrogens with one attached hydrogen (secondary N) is 1. The summed E-state index contributed by atoms with van der Waals surface area (Å²) in [6.45, 7) is 27.9. The molecule has 5 rings (SSSR count). The van der Waals surface area contributed by atoms with E-state index in [2.05, 4.69) is 85.5 Å². The summed E-state index contributed by atoms with van der Waals surface area (Å²) in [6.07, 6.45) is 8.24. The molecule has 2 N–H and O–H groups in total. The standard InChI is InChI=1S/C43H72N2O7/c1-12-45(13-2)22-14-15-28(5)44-24-35(47)52-37-33(51-30(7)46)23-43-26-50-25-40(37,9)34(43)17-16-31-32(43)18-19-42(11)36(38(48)49)39(8,29(6)27(3)4)20-21-41(31,42)10/h18,27-29,31,33-34,36-37,44H,12-17,19-26H2,1-11H3,(H,48,49)/t28?,29-,31+,33-,34+,36-,37+,39-,40+,41-,42+,43+/m1/s1. The van der Waals surface area contributed by atoms with Gasteiger partial charge in [-0.3, -0.25) is 14.4 Å². The summed E-state index contributed by atoms with van der Waals surface area (Å²) >= 11 is 0. The van der Waals surface area contributed by atoms with Crippen molar-refractivity contribution in [3.05, 3.63) is 11.6 Å².